The number of nitrogens with one attached hydrogen (secondary N) is 1. The number of ether oxygens (including phenoxy) is 1. The molecule has 3 atom stereocenters. The number of esters is 1. The number of imide groups is 1. The molecule has 1 aromatic rings. The quantitative estimate of drug-likeness (QED) is 0.589. The number of amides is 2. The summed E-state index contributed by atoms with van der Waals surface area (Å²) in [5.41, 5.74) is 3.21. The molecule has 2 saturated heterocycles. The van der Waals surface area contributed by atoms with E-state index in [2.05, 4.69) is 5.43 Å². The Labute approximate surface area is 138 Å². The molecule has 0 unspecified atom stereocenters. The highest BCUT2D eigenvalue weighted by Crippen LogP contribution is 2.52. The second kappa shape index (κ2) is 4.70. The Morgan fingerprint density at radius 1 is 1.21 bits per heavy atom. The summed E-state index contributed by atoms with van der Waals surface area (Å²) in [5, 5.41) is 1.62. The summed E-state index contributed by atoms with van der Waals surface area (Å²) in [6.45, 7) is 1.91. The van der Waals surface area contributed by atoms with Gasteiger partial charge in [0.1, 0.15) is 12.0 Å². The number of likely N-dealkylation sites (N-methyl/N-ethyl adjacent to an activating group) is 2. The van der Waals surface area contributed by atoms with E-state index in [0.717, 1.165) is 16.3 Å². The summed E-state index contributed by atoms with van der Waals surface area (Å²) < 4.78 is 5.31. The molecule has 0 saturated carbocycles. The monoisotopic (exact) mass is 330 g/mol. The van der Waals surface area contributed by atoms with Crippen LogP contribution in [0.15, 0.2) is 24.3 Å². The number of rotatable bonds is 2. The van der Waals surface area contributed by atoms with Crippen molar-refractivity contribution in [2.24, 2.45) is 5.92 Å². The second-order valence-corrected chi connectivity index (χ2v) is 6.15. The van der Waals surface area contributed by atoms with E-state index in [0.29, 0.717) is 0 Å². The van der Waals surface area contributed by atoms with Gasteiger partial charge in [-0.25, -0.2) is 10.2 Å². The summed E-state index contributed by atoms with van der Waals surface area (Å²) in [4.78, 5) is 41.0. The predicted molar refractivity (Wildman–Crippen MR) is 84.9 cm³/mol. The first-order valence-electron chi connectivity index (χ1n) is 7.84. The highest BCUT2D eigenvalue weighted by Gasteiger charge is 2.73. The Bertz CT molecular complexity index is 766. The molecular formula is C16H18N4O4. The minimum atomic E-state index is -1.40. The molecule has 24 heavy (non-hydrogen) atoms. The van der Waals surface area contributed by atoms with E-state index in [1.807, 2.05) is 24.3 Å². The molecule has 4 rings (SSSR count). The first-order valence-corrected chi connectivity index (χ1v) is 7.84. The van der Waals surface area contributed by atoms with Crippen LogP contribution in [-0.4, -0.2) is 55.1 Å². The molecule has 1 aromatic carbocycles. The first-order chi connectivity index (χ1) is 11.5. The zero-order chi connectivity index (χ0) is 17.2. The number of hydrogen-bond acceptors (Lipinski definition) is 7. The lowest BCUT2D eigenvalue weighted by atomic mass is 9.88. The van der Waals surface area contributed by atoms with Crippen LogP contribution in [0.25, 0.3) is 0 Å². The van der Waals surface area contributed by atoms with Gasteiger partial charge in [0.05, 0.1) is 18.0 Å². The van der Waals surface area contributed by atoms with Crippen LogP contribution >= 0.6 is 0 Å². The van der Waals surface area contributed by atoms with E-state index in [-0.39, 0.29) is 18.4 Å². The Kier molecular flexibility index (Phi) is 2.93. The van der Waals surface area contributed by atoms with Gasteiger partial charge in [0, 0.05) is 14.1 Å². The molecule has 0 aliphatic carbocycles. The van der Waals surface area contributed by atoms with Crippen LogP contribution in [0.4, 0.5) is 11.4 Å². The van der Waals surface area contributed by atoms with Gasteiger partial charge < -0.3 is 9.64 Å². The number of likely N-dealkylation sites (tertiary alicyclic amines) is 1. The van der Waals surface area contributed by atoms with E-state index in [1.54, 1.807) is 23.9 Å². The zero-order valence-corrected chi connectivity index (χ0v) is 13.6. The predicted octanol–water partition coefficient (Wildman–Crippen LogP) is -0.296. The van der Waals surface area contributed by atoms with Crippen LogP contribution < -0.4 is 15.3 Å². The van der Waals surface area contributed by atoms with E-state index < -0.39 is 23.6 Å². The third-order valence-electron chi connectivity index (χ3n) is 5.14. The van der Waals surface area contributed by atoms with Gasteiger partial charge in [-0.2, -0.15) is 0 Å². The standard InChI is InChI=1S/C16H18N4O4/c1-4-24-15(23)16-11-12(14(22)18(2)13(11)21)17-20(16)10-8-6-5-7-9(10)19(16)3/h5-8,11-12,17H,4H2,1-3H3/t11-,12+,16+/m0/s1. The smallest absolute Gasteiger partial charge is 0.355 e. The largest absolute Gasteiger partial charge is 0.463 e. The molecule has 2 amide bonds. The highest BCUT2D eigenvalue weighted by molar-refractivity contribution is 6.14. The summed E-state index contributed by atoms with van der Waals surface area (Å²) in [7, 11) is 3.19. The SMILES string of the molecule is CCOC(=O)[C@@]12[C@@H]3C(=O)N(C)C(=O)[C@@H]3NN1c1ccccc1N2C. The number of hydrazine groups is 1. The Balaban J connectivity index is 1.93. The van der Waals surface area contributed by atoms with Crippen molar-refractivity contribution in [2.45, 2.75) is 18.6 Å². The minimum Gasteiger partial charge on any atom is -0.463 e. The fourth-order valence-corrected chi connectivity index (χ4v) is 4.05. The molecule has 1 N–H and O–H groups in total. The lowest BCUT2D eigenvalue weighted by Crippen LogP contribution is -2.65. The molecule has 0 spiro atoms. The molecule has 8 heteroatoms. The summed E-state index contributed by atoms with van der Waals surface area (Å²) in [6.07, 6.45) is 0. The van der Waals surface area contributed by atoms with Crippen LogP contribution in [0.2, 0.25) is 0 Å². The number of para-hydroxylation sites is 2. The average molecular weight is 330 g/mol. The molecular weight excluding hydrogens is 312 g/mol. The fourth-order valence-electron chi connectivity index (χ4n) is 4.05. The molecule has 8 nitrogen and oxygen atoms in total. The molecule has 2 fully saturated rings. The van der Waals surface area contributed by atoms with Crippen LogP contribution in [0.5, 0.6) is 0 Å². The Hall–Kier alpha value is -2.61. The number of hydrogen-bond donors (Lipinski definition) is 1. The molecule has 3 aliphatic heterocycles. The Morgan fingerprint density at radius 2 is 1.88 bits per heavy atom. The van der Waals surface area contributed by atoms with Crippen molar-refractivity contribution in [3.05, 3.63) is 24.3 Å². The van der Waals surface area contributed by atoms with Gasteiger partial charge in [0.25, 0.3) is 0 Å². The van der Waals surface area contributed by atoms with E-state index in [4.69, 9.17) is 4.74 Å². The van der Waals surface area contributed by atoms with E-state index >= 15 is 0 Å². The summed E-state index contributed by atoms with van der Waals surface area (Å²) in [5.74, 6) is -2.13. The third kappa shape index (κ3) is 1.44. The molecule has 0 aromatic heterocycles. The van der Waals surface area contributed by atoms with Gasteiger partial charge in [0.2, 0.25) is 17.5 Å². The van der Waals surface area contributed by atoms with E-state index in [9.17, 15) is 14.4 Å². The topological polar surface area (TPSA) is 82.2 Å². The summed E-state index contributed by atoms with van der Waals surface area (Å²) in [6, 6.07) is 6.65. The number of benzene rings is 1. The molecule has 3 aliphatic rings. The second-order valence-electron chi connectivity index (χ2n) is 6.15. The van der Waals surface area contributed by atoms with Crippen molar-refractivity contribution in [2.75, 3.05) is 30.6 Å². The maximum absolute atomic E-state index is 13.0. The van der Waals surface area contributed by atoms with Crippen LogP contribution in [0, 0.1) is 5.92 Å². The van der Waals surface area contributed by atoms with Crippen molar-refractivity contribution in [3.63, 3.8) is 0 Å². The van der Waals surface area contributed by atoms with Gasteiger partial charge >= 0.3 is 5.97 Å². The minimum absolute atomic E-state index is 0.188. The number of fused-ring (bicyclic) bond motifs is 5. The van der Waals surface area contributed by atoms with Gasteiger partial charge in [-0.15, -0.1) is 0 Å². The number of carbonyl (C=O) groups excluding carboxylic acids is 3. The number of nitrogens with zero attached hydrogens (tertiary/aromatic N) is 3. The van der Waals surface area contributed by atoms with Gasteiger partial charge in [0.15, 0.2) is 0 Å². The highest BCUT2D eigenvalue weighted by atomic mass is 16.5. The van der Waals surface area contributed by atoms with Gasteiger partial charge in [-0.1, -0.05) is 12.1 Å². The first kappa shape index (κ1) is 14.9. The van der Waals surface area contributed by atoms with Crippen molar-refractivity contribution in [1.82, 2.24) is 10.3 Å². The van der Waals surface area contributed by atoms with Crippen LogP contribution in [-0.2, 0) is 19.1 Å². The lowest BCUT2D eigenvalue weighted by molar-refractivity contribution is -0.154. The maximum atomic E-state index is 13.0. The summed E-state index contributed by atoms with van der Waals surface area (Å²) >= 11 is 0. The normalized spacial score (nSPS) is 30.5. The third-order valence-corrected chi connectivity index (χ3v) is 5.14. The lowest BCUT2D eigenvalue weighted by Gasteiger charge is -2.38. The number of carbonyl (C=O) groups is 3. The molecule has 3 heterocycles. The van der Waals surface area contributed by atoms with Crippen molar-refractivity contribution >= 4 is 29.2 Å². The fraction of sp³-hybridized carbons (Fsp3) is 0.438. The molecule has 0 bridgehead atoms. The average Bonchev–Trinajstić information content (AvgIpc) is 3.13. The number of anilines is 2. The van der Waals surface area contributed by atoms with Crippen LogP contribution in [0.1, 0.15) is 6.92 Å². The maximum Gasteiger partial charge on any atom is 0.355 e. The van der Waals surface area contributed by atoms with Crippen molar-refractivity contribution < 1.29 is 19.1 Å². The van der Waals surface area contributed by atoms with Crippen LogP contribution in [0.3, 0.4) is 0 Å². The zero-order valence-electron chi connectivity index (χ0n) is 13.6. The van der Waals surface area contributed by atoms with Crippen molar-refractivity contribution in [1.29, 1.82) is 0 Å². The van der Waals surface area contributed by atoms with E-state index in [1.165, 1.54) is 7.05 Å². The van der Waals surface area contributed by atoms with Crippen molar-refractivity contribution in [3.8, 4) is 0 Å². The van der Waals surface area contributed by atoms with Gasteiger partial charge in [-0.05, 0) is 19.1 Å². The van der Waals surface area contributed by atoms with Gasteiger partial charge in [-0.3, -0.25) is 19.5 Å². The molecule has 126 valence electrons. The molecule has 0 radical (unpaired) electrons. The Morgan fingerprint density at radius 3 is 2.54 bits per heavy atom.